The van der Waals surface area contributed by atoms with E-state index in [1.54, 1.807) is 0 Å². The van der Waals surface area contributed by atoms with E-state index >= 15 is 0 Å². The van der Waals surface area contributed by atoms with Gasteiger partial charge in [0, 0.05) is 42.7 Å². The molecule has 0 aliphatic carbocycles. The fraction of sp³-hybridized carbons (Fsp3) is 0.429. The number of para-hydroxylation sites is 1. The molecule has 6 rings (SSSR count). The maximum atomic E-state index is 6.30. The Hall–Kier alpha value is -2.96. The third-order valence-corrected chi connectivity index (χ3v) is 7.29. The van der Waals surface area contributed by atoms with E-state index in [4.69, 9.17) is 19.1 Å². The van der Waals surface area contributed by atoms with Crippen molar-refractivity contribution in [3.8, 4) is 5.75 Å². The van der Waals surface area contributed by atoms with E-state index in [9.17, 15) is 0 Å². The molecule has 1 saturated heterocycles. The molecule has 2 aliphatic rings. The third kappa shape index (κ3) is 4.28. The molecule has 0 N–H and O–H groups in total. The average Bonchev–Trinajstić information content (AvgIpc) is 3.28. The van der Waals surface area contributed by atoms with Crippen molar-refractivity contribution >= 4 is 21.9 Å². The lowest BCUT2D eigenvalue weighted by molar-refractivity contribution is 0.118. The molecule has 4 aromatic rings. The molecule has 3 aromatic heterocycles. The molecule has 0 radical (unpaired) electrons. The number of pyridine rings is 2. The van der Waals surface area contributed by atoms with Gasteiger partial charge in [0.15, 0.2) is 5.58 Å². The maximum Gasteiger partial charge on any atom is 0.158 e. The highest BCUT2D eigenvalue weighted by Crippen LogP contribution is 2.36. The van der Waals surface area contributed by atoms with Gasteiger partial charge in [-0.1, -0.05) is 24.6 Å². The fourth-order valence-electron chi connectivity index (χ4n) is 5.58. The Kier molecular flexibility index (Phi) is 6.17. The van der Waals surface area contributed by atoms with Crippen LogP contribution in [0.4, 0.5) is 0 Å². The zero-order chi connectivity index (χ0) is 22.7. The lowest BCUT2D eigenvalue weighted by Gasteiger charge is -2.35. The smallest absolute Gasteiger partial charge is 0.158 e. The summed E-state index contributed by atoms with van der Waals surface area (Å²) in [5.74, 6) is 0.912. The van der Waals surface area contributed by atoms with E-state index in [2.05, 4.69) is 28.0 Å². The molecule has 5 heterocycles. The molecular formula is C28H32N4O2. The van der Waals surface area contributed by atoms with Gasteiger partial charge in [-0.3, -0.25) is 14.9 Å². The van der Waals surface area contributed by atoms with Crippen molar-refractivity contribution in [3.05, 3.63) is 66.2 Å². The number of ether oxygens (including phenoxy) is 1. The minimum Gasteiger partial charge on any atom is -0.492 e. The number of nitrogens with zero attached hydrogens (tertiary/aromatic N) is 4. The topological polar surface area (TPSA) is 54.6 Å². The summed E-state index contributed by atoms with van der Waals surface area (Å²) in [6.45, 7) is 6.07. The molecule has 0 unspecified atom stereocenters. The number of hydrogen-bond acceptors (Lipinski definition) is 6. The molecule has 1 fully saturated rings. The minimum atomic E-state index is 0.216. The normalized spacial score (nSPS) is 18.9. The van der Waals surface area contributed by atoms with Crippen LogP contribution in [0, 0.1) is 0 Å². The molecule has 1 aromatic carbocycles. The summed E-state index contributed by atoms with van der Waals surface area (Å²) < 4.78 is 12.2. The zero-order valence-corrected chi connectivity index (χ0v) is 19.7. The first-order chi connectivity index (χ1) is 16.9. The monoisotopic (exact) mass is 456 g/mol. The molecule has 2 aliphatic heterocycles. The SMILES string of the molecule is c1cnc2c(c1)OCC[C@@H]2N(CCCN1CCCCC1)Cc1nccc2c1oc1ccccc12. The van der Waals surface area contributed by atoms with Crippen molar-refractivity contribution in [2.75, 3.05) is 32.8 Å². The highest BCUT2D eigenvalue weighted by atomic mass is 16.5. The summed E-state index contributed by atoms with van der Waals surface area (Å²) in [5.41, 5.74) is 3.86. The second-order valence-electron chi connectivity index (χ2n) is 9.50. The molecule has 6 heteroatoms. The van der Waals surface area contributed by atoms with Crippen molar-refractivity contribution in [2.24, 2.45) is 0 Å². The van der Waals surface area contributed by atoms with Gasteiger partial charge in [0.25, 0.3) is 0 Å². The summed E-state index contributed by atoms with van der Waals surface area (Å²) in [7, 11) is 0. The molecule has 0 bridgehead atoms. The molecule has 6 nitrogen and oxygen atoms in total. The Morgan fingerprint density at radius 3 is 2.79 bits per heavy atom. The van der Waals surface area contributed by atoms with Crippen LogP contribution in [-0.4, -0.2) is 52.6 Å². The Labute approximate surface area is 200 Å². The summed E-state index contributed by atoms with van der Waals surface area (Å²) in [6.07, 6.45) is 9.91. The van der Waals surface area contributed by atoms with E-state index in [1.165, 1.54) is 32.4 Å². The first-order valence-corrected chi connectivity index (χ1v) is 12.7. The van der Waals surface area contributed by atoms with Gasteiger partial charge in [0.2, 0.25) is 0 Å². The van der Waals surface area contributed by atoms with E-state index in [1.807, 2.05) is 36.7 Å². The highest BCUT2D eigenvalue weighted by molar-refractivity contribution is 6.05. The van der Waals surface area contributed by atoms with Crippen LogP contribution in [0.5, 0.6) is 5.75 Å². The quantitative estimate of drug-likeness (QED) is 0.362. The summed E-state index contributed by atoms with van der Waals surface area (Å²) >= 11 is 0. The minimum absolute atomic E-state index is 0.216. The number of fused-ring (bicyclic) bond motifs is 4. The number of benzene rings is 1. The van der Waals surface area contributed by atoms with Gasteiger partial charge >= 0.3 is 0 Å². The van der Waals surface area contributed by atoms with Crippen LogP contribution >= 0.6 is 0 Å². The van der Waals surface area contributed by atoms with E-state index in [-0.39, 0.29) is 6.04 Å². The lowest BCUT2D eigenvalue weighted by atomic mass is 10.0. The lowest BCUT2D eigenvalue weighted by Crippen LogP contribution is -2.36. The Balaban J connectivity index is 1.30. The average molecular weight is 457 g/mol. The van der Waals surface area contributed by atoms with E-state index in [0.717, 1.165) is 71.6 Å². The van der Waals surface area contributed by atoms with Crippen LogP contribution in [-0.2, 0) is 6.54 Å². The van der Waals surface area contributed by atoms with Gasteiger partial charge < -0.3 is 14.1 Å². The molecule has 1 atom stereocenters. The van der Waals surface area contributed by atoms with Gasteiger partial charge in [-0.2, -0.15) is 0 Å². The number of rotatable bonds is 7. The number of likely N-dealkylation sites (tertiary alicyclic amines) is 1. The van der Waals surface area contributed by atoms with Crippen molar-refractivity contribution in [1.29, 1.82) is 0 Å². The van der Waals surface area contributed by atoms with Crippen LogP contribution in [0.2, 0.25) is 0 Å². The van der Waals surface area contributed by atoms with Gasteiger partial charge in [0.1, 0.15) is 11.3 Å². The van der Waals surface area contributed by atoms with Crippen molar-refractivity contribution in [3.63, 3.8) is 0 Å². The van der Waals surface area contributed by atoms with Crippen LogP contribution in [0.1, 0.15) is 49.5 Å². The van der Waals surface area contributed by atoms with Crippen LogP contribution < -0.4 is 4.74 Å². The first-order valence-electron chi connectivity index (χ1n) is 12.7. The Morgan fingerprint density at radius 2 is 1.85 bits per heavy atom. The van der Waals surface area contributed by atoms with Gasteiger partial charge in [0.05, 0.1) is 24.0 Å². The molecular weight excluding hydrogens is 424 g/mol. The first kappa shape index (κ1) is 21.6. The van der Waals surface area contributed by atoms with Crippen molar-refractivity contribution in [1.82, 2.24) is 19.8 Å². The van der Waals surface area contributed by atoms with Crippen molar-refractivity contribution in [2.45, 2.75) is 44.7 Å². The molecule has 0 spiro atoms. The van der Waals surface area contributed by atoms with E-state index < -0.39 is 0 Å². The molecule has 0 amide bonds. The standard InChI is InChI=1S/C28H32N4O2/c1-4-15-31(16-5-1)17-7-18-32(24-12-19-33-26-10-6-13-30-27(24)26)20-23-28-22(11-14-29-23)21-8-2-3-9-25(21)34-28/h2-3,6,8-11,13-14,24H,1,4-5,7,12,15-20H2/t24-/m0/s1. The van der Waals surface area contributed by atoms with E-state index in [0.29, 0.717) is 6.61 Å². The summed E-state index contributed by atoms with van der Waals surface area (Å²) in [4.78, 5) is 14.7. The summed E-state index contributed by atoms with van der Waals surface area (Å²) in [5, 5.41) is 2.29. The second-order valence-corrected chi connectivity index (χ2v) is 9.50. The molecule has 176 valence electrons. The number of piperidine rings is 1. The molecule has 0 saturated carbocycles. The van der Waals surface area contributed by atoms with Crippen LogP contribution in [0.15, 0.2) is 59.3 Å². The second kappa shape index (κ2) is 9.72. The van der Waals surface area contributed by atoms with Gasteiger partial charge in [-0.15, -0.1) is 0 Å². The zero-order valence-electron chi connectivity index (χ0n) is 19.7. The van der Waals surface area contributed by atoms with Gasteiger partial charge in [-0.05, 0) is 63.2 Å². The Morgan fingerprint density at radius 1 is 0.941 bits per heavy atom. The fourth-order valence-corrected chi connectivity index (χ4v) is 5.58. The number of hydrogen-bond donors (Lipinski definition) is 0. The van der Waals surface area contributed by atoms with Crippen LogP contribution in [0.3, 0.4) is 0 Å². The largest absolute Gasteiger partial charge is 0.492 e. The predicted molar refractivity (Wildman–Crippen MR) is 134 cm³/mol. The third-order valence-electron chi connectivity index (χ3n) is 7.29. The summed E-state index contributed by atoms with van der Waals surface area (Å²) in [6, 6.07) is 14.5. The number of furan rings is 1. The Bertz CT molecular complexity index is 1260. The maximum absolute atomic E-state index is 6.30. The highest BCUT2D eigenvalue weighted by Gasteiger charge is 2.29. The van der Waals surface area contributed by atoms with Crippen molar-refractivity contribution < 1.29 is 9.15 Å². The molecule has 34 heavy (non-hydrogen) atoms. The number of aromatic nitrogens is 2. The van der Waals surface area contributed by atoms with Crippen LogP contribution in [0.25, 0.3) is 21.9 Å². The predicted octanol–water partition coefficient (Wildman–Crippen LogP) is 5.58. The van der Waals surface area contributed by atoms with Gasteiger partial charge in [-0.25, -0.2) is 0 Å².